The Kier molecular flexibility index (Phi) is 2.76. The molecule has 0 aliphatic heterocycles. The normalized spacial score (nSPS) is 9.29. The van der Waals surface area contributed by atoms with Crippen LogP contribution in [-0.4, -0.2) is 18.3 Å². The first-order chi connectivity index (χ1) is 3.31. The highest BCUT2D eigenvalue weighted by Gasteiger charge is 1.73. The number of hydrazone groups is 1. The summed E-state index contributed by atoms with van der Waals surface area (Å²) >= 11 is 0. The number of hydrogen-bond donors (Lipinski definition) is 1. The van der Waals surface area contributed by atoms with Crippen molar-refractivity contribution in [2.45, 2.75) is 0 Å². The SMILES string of the molecule is C=CN(C)C=NN. The molecular formula is C4H9N3. The lowest BCUT2D eigenvalue weighted by Crippen LogP contribution is -2.07. The predicted octanol–water partition coefficient (Wildman–Crippen LogP) is -0.0363. The summed E-state index contributed by atoms with van der Waals surface area (Å²) in [6, 6.07) is 0. The Morgan fingerprint density at radius 1 is 1.86 bits per heavy atom. The second-order valence-corrected chi connectivity index (χ2v) is 1.11. The van der Waals surface area contributed by atoms with Crippen LogP contribution >= 0.6 is 0 Å². The van der Waals surface area contributed by atoms with E-state index >= 15 is 0 Å². The monoisotopic (exact) mass is 99.1 g/mol. The minimum absolute atomic E-state index is 1.47. The predicted molar refractivity (Wildman–Crippen MR) is 30.6 cm³/mol. The van der Waals surface area contributed by atoms with Gasteiger partial charge in [-0.1, -0.05) is 6.58 Å². The lowest BCUT2D eigenvalue weighted by atomic mass is 10.8. The van der Waals surface area contributed by atoms with Crippen LogP contribution < -0.4 is 5.84 Å². The summed E-state index contributed by atoms with van der Waals surface area (Å²) in [6.07, 6.45) is 3.07. The molecule has 0 fully saturated rings. The van der Waals surface area contributed by atoms with Gasteiger partial charge >= 0.3 is 0 Å². The average Bonchev–Trinajstić information content (AvgIpc) is 1.68. The topological polar surface area (TPSA) is 41.6 Å². The number of nitrogens with two attached hydrogens (primary N) is 1. The summed E-state index contributed by atoms with van der Waals surface area (Å²) in [5.74, 6) is 4.78. The maximum Gasteiger partial charge on any atom is 0.114 e. The summed E-state index contributed by atoms with van der Waals surface area (Å²) in [5, 5.41) is 3.24. The van der Waals surface area contributed by atoms with Crippen molar-refractivity contribution in [3.05, 3.63) is 12.8 Å². The summed E-state index contributed by atoms with van der Waals surface area (Å²) in [5.41, 5.74) is 0. The van der Waals surface area contributed by atoms with Crippen molar-refractivity contribution >= 4 is 6.34 Å². The molecule has 0 rings (SSSR count). The lowest BCUT2D eigenvalue weighted by molar-refractivity contribution is 0.709. The van der Waals surface area contributed by atoms with Crippen LogP contribution in [0.4, 0.5) is 0 Å². The Hall–Kier alpha value is -0.990. The fourth-order valence-corrected chi connectivity index (χ4v) is 0.152. The molecule has 2 N–H and O–H groups in total. The number of nitrogens with zero attached hydrogens (tertiary/aromatic N) is 2. The highest BCUT2D eigenvalue weighted by molar-refractivity contribution is 5.55. The van der Waals surface area contributed by atoms with Gasteiger partial charge in [0.15, 0.2) is 0 Å². The average molecular weight is 99.1 g/mol. The Morgan fingerprint density at radius 3 is 2.57 bits per heavy atom. The van der Waals surface area contributed by atoms with Gasteiger partial charge in [-0.15, -0.1) is 0 Å². The first kappa shape index (κ1) is 6.01. The van der Waals surface area contributed by atoms with Crippen LogP contribution in [0.25, 0.3) is 0 Å². The molecule has 3 nitrogen and oxygen atoms in total. The maximum absolute atomic E-state index is 4.78. The Bertz CT molecular complexity index is 77.0. The zero-order valence-corrected chi connectivity index (χ0v) is 4.33. The quantitative estimate of drug-likeness (QED) is 0.228. The molecule has 0 bridgehead atoms. The molecule has 0 amide bonds. The van der Waals surface area contributed by atoms with Gasteiger partial charge in [0.1, 0.15) is 6.34 Å². The first-order valence-electron chi connectivity index (χ1n) is 1.89. The molecule has 0 aromatic carbocycles. The zero-order valence-electron chi connectivity index (χ0n) is 4.33. The summed E-state index contributed by atoms with van der Waals surface area (Å²) in [4.78, 5) is 1.65. The molecule has 0 aliphatic carbocycles. The van der Waals surface area contributed by atoms with Crippen LogP contribution in [0.1, 0.15) is 0 Å². The van der Waals surface area contributed by atoms with Gasteiger partial charge in [-0.3, -0.25) is 0 Å². The number of rotatable bonds is 2. The number of hydrogen-bond acceptors (Lipinski definition) is 2. The molecule has 0 spiro atoms. The van der Waals surface area contributed by atoms with Crippen LogP contribution in [-0.2, 0) is 0 Å². The van der Waals surface area contributed by atoms with Gasteiger partial charge in [0.05, 0.1) is 0 Å². The zero-order chi connectivity index (χ0) is 5.70. The summed E-state index contributed by atoms with van der Waals surface area (Å²) < 4.78 is 0. The van der Waals surface area contributed by atoms with E-state index in [1.807, 2.05) is 0 Å². The van der Waals surface area contributed by atoms with Gasteiger partial charge in [-0.25, -0.2) is 0 Å². The second kappa shape index (κ2) is 3.21. The molecule has 7 heavy (non-hydrogen) atoms. The van der Waals surface area contributed by atoms with E-state index in [1.165, 1.54) is 6.34 Å². The molecular weight excluding hydrogens is 90.1 g/mol. The molecule has 40 valence electrons. The van der Waals surface area contributed by atoms with Crippen molar-refractivity contribution in [1.29, 1.82) is 0 Å². The lowest BCUT2D eigenvalue weighted by Gasteiger charge is -2.00. The standard InChI is InChI=1S/C4H9N3/c1-3-7(2)4-6-5/h3-4H,1,5H2,2H3. The van der Waals surface area contributed by atoms with Crippen LogP contribution in [0.15, 0.2) is 17.9 Å². The van der Waals surface area contributed by atoms with Crippen molar-refractivity contribution in [2.24, 2.45) is 10.9 Å². The van der Waals surface area contributed by atoms with E-state index in [0.717, 1.165) is 0 Å². The van der Waals surface area contributed by atoms with Gasteiger partial charge in [0, 0.05) is 7.05 Å². The molecule has 0 aliphatic rings. The fraction of sp³-hybridized carbons (Fsp3) is 0.250. The van der Waals surface area contributed by atoms with Crippen LogP contribution in [0.5, 0.6) is 0 Å². The molecule has 0 radical (unpaired) electrons. The third-order valence-electron chi connectivity index (χ3n) is 0.537. The third kappa shape index (κ3) is 2.82. The second-order valence-electron chi connectivity index (χ2n) is 1.11. The van der Waals surface area contributed by atoms with E-state index in [2.05, 4.69) is 11.7 Å². The summed E-state index contributed by atoms with van der Waals surface area (Å²) in [7, 11) is 1.80. The van der Waals surface area contributed by atoms with Gasteiger partial charge in [0.25, 0.3) is 0 Å². The smallest absolute Gasteiger partial charge is 0.114 e. The van der Waals surface area contributed by atoms with Gasteiger partial charge < -0.3 is 10.7 Å². The Morgan fingerprint density at radius 2 is 2.43 bits per heavy atom. The third-order valence-corrected chi connectivity index (χ3v) is 0.537. The van der Waals surface area contributed by atoms with Crippen molar-refractivity contribution in [3.8, 4) is 0 Å². The molecule has 0 aromatic rings. The van der Waals surface area contributed by atoms with Crippen molar-refractivity contribution in [3.63, 3.8) is 0 Å². The van der Waals surface area contributed by atoms with Gasteiger partial charge in [-0.2, -0.15) is 5.10 Å². The molecule has 0 aromatic heterocycles. The fourth-order valence-electron chi connectivity index (χ4n) is 0.152. The van der Waals surface area contributed by atoms with E-state index < -0.39 is 0 Å². The van der Waals surface area contributed by atoms with E-state index in [1.54, 1.807) is 18.1 Å². The molecule has 3 heteroatoms. The summed E-state index contributed by atoms with van der Waals surface area (Å²) in [6.45, 7) is 3.46. The highest BCUT2D eigenvalue weighted by Crippen LogP contribution is 1.69. The van der Waals surface area contributed by atoms with Crippen LogP contribution in [0.2, 0.25) is 0 Å². The van der Waals surface area contributed by atoms with E-state index in [0.29, 0.717) is 0 Å². The Labute approximate surface area is 43.1 Å². The van der Waals surface area contributed by atoms with Crippen molar-refractivity contribution in [2.75, 3.05) is 7.05 Å². The highest BCUT2D eigenvalue weighted by atomic mass is 15.2. The van der Waals surface area contributed by atoms with E-state index in [4.69, 9.17) is 5.84 Å². The molecule has 0 saturated carbocycles. The van der Waals surface area contributed by atoms with Crippen molar-refractivity contribution < 1.29 is 0 Å². The molecule has 0 unspecified atom stereocenters. The maximum atomic E-state index is 4.78. The van der Waals surface area contributed by atoms with Crippen LogP contribution in [0, 0.1) is 0 Å². The minimum atomic E-state index is 1.47. The Balaban J connectivity index is 3.35. The van der Waals surface area contributed by atoms with Crippen LogP contribution in [0.3, 0.4) is 0 Å². The molecule has 0 atom stereocenters. The molecule has 0 heterocycles. The largest absolute Gasteiger partial charge is 0.341 e. The molecule has 0 saturated heterocycles. The van der Waals surface area contributed by atoms with Gasteiger partial charge in [-0.05, 0) is 6.20 Å². The first-order valence-corrected chi connectivity index (χ1v) is 1.89. The van der Waals surface area contributed by atoms with E-state index in [-0.39, 0.29) is 0 Å². The van der Waals surface area contributed by atoms with Crippen molar-refractivity contribution in [1.82, 2.24) is 4.90 Å². The van der Waals surface area contributed by atoms with Gasteiger partial charge in [0.2, 0.25) is 0 Å². The minimum Gasteiger partial charge on any atom is -0.341 e. The van der Waals surface area contributed by atoms with E-state index in [9.17, 15) is 0 Å².